The van der Waals surface area contributed by atoms with E-state index in [1.165, 1.54) is 4.90 Å². The number of amides is 1. The van der Waals surface area contributed by atoms with Crippen molar-refractivity contribution < 1.29 is 18.0 Å². The van der Waals surface area contributed by atoms with Gasteiger partial charge in [-0.3, -0.25) is 9.59 Å². The van der Waals surface area contributed by atoms with Crippen LogP contribution >= 0.6 is 0 Å². The van der Waals surface area contributed by atoms with Crippen molar-refractivity contribution in [3.05, 3.63) is 0 Å². The van der Waals surface area contributed by atoms with Crippen LogP contribution in [0.2, 0.25) is 0 Å². The van der Waals surface area contributed by atoms with Gasteiger partial charge in [-0.25, -0.2) is 8.42 Å². The van der Waals surface area contributed by atoms with Gasteiger partial charge in [-0.2, -0.15) is 0 Å². The van der Waals surface area contributed by atoms with Crippen LogP contribution in [0.25, 0.3) is 0 Å². The largest absolute Gasteiger partial charge is 0.332 e. The molecular weight excluding hydrogens is 206 g/mol. The second kappa shape index (κ2) is 3.68. The van der Waals surface area contributed by atoms with Crippen LogP contribution in [-0.4, -0.2) is 49.6 Å². The number of likely N-dealkylation sites (tertiary alicyclic amines) is 1. The average Bonchev–Trinajstić information content (AvgIpc) is 2.29. The molecule has 0 radical (unpaired) electrons. The van der Waals surface area contributed by atoms with Crippen LogP contribution in [0.15, 0.2) is 0 Å². The first kappa shape index (κ1) is 11.2. The van der Waals surface area contributed by atoms with E-state index in [0.717, 1.165) is 6.26 Å². The average molecular weight is 219 g/mol. The molecule has 0 bridgehead atoms. The number of ketones is 1. The zero-order valence-electron chi connectivity index (χ0n) is 8.19. The molecule has 1 amide bonds. The summed E-state index contributed by atoms with van der Waals surface area (Å²) in [5.74, 6) is -1.07. The molecule has 14 heavy (non-hydrogen) atoms. The molecule has 1 saturated heterocycles. The third-order valence-corrected chi connectivity index (χ3v) is 3.24. The Morgan fingerprint density at radius 3 is 2.36 bits per heavy atom. The topological polar surface area (TPSA) is 71.5 Å². The van der Waals surface area contributed by atoms with Crippen molar-refractivity contribution in [1.29, 1.82) is 0 Å². The Labute approximate surface area is 83.0 Å². The van der Waals surface area contributed by atoms with E-state index < -0.39 is 27.6 Å². The Morgan fingerprint density at radius 2 is 2.00 bits per heavy atom. The Balaban J connectivity index is 2.67. The first-order chi connectivity index (χ1) is 6.31. The van der Waals surface area contributed by atoms with Crippen molar-refractivity contribution in [2.75, 3.05) is 18.6 Å². The van der Waals surface area contributed by atoms with E-state index in [4.69, 9.17) is 0 Å². The van der Waals surface area contributed by atoms with Crippen molar-refractivity contribution in [3.8, 4) is 0 Å². The number of Topliss-reactive ketones (excluding diaryl/α,β-unsaturated/α-hetero) is 1. The van der Waals surface area contributed by atoms with Gasteiger partial charge in [-0.15, -0.1) is 0 Å². The van der Waals surface area contributed by atoms with Crippen LogP contribution in [0.4, 0.5) is 0 Å². The molecular formula is C8H13NO4S. The fraction of sp³-hybridized carbons (Fsp3) is 0.750. The lowest BCUT2D eigenvalue weighted by atomic mass is 10.3. The van der Waals surface area contributed by atoms with E-state index in [9.17, 15) is 18.0 Å². The number of hydrogen-bond acceptors (Lipinski definition) is 4. The van der Waals surface area contributed by atoms with Gasteiger partial charge in [0.05, 0.1) is 5.75 Å². The molecule has 1 heterocycles. The molecule has 1 rings (SSSR count). The second-order valence-electron chi connectivity index (χ2n) is 3.61. The van der Waals surface area contributed by atoms with Crippen molar-refractivity contribution in [2.24, 2.45) is 0 Å². The third-order valence-electron chi connectivity index (χ3n) is 2.16. The molecule has 0 N–H and O–H groups in total. The van der Waals surface area contributed by atoms with E-state index in [0.29, 0.717) is 6.54 Å². The van der Waals surface area contributed by atoms with E-state index >= 15 is 0 Å². The number of sulfone groups is 1. The molecule has 1 unspecified atom stereocenters. The predicted octanol–water partition coefficient (Wildman–Crippen LogP) is -0.779. The molecule has 0 saturated carbocycles. The molecule has 0 aromatic carbocycles. The van der Waals surface area contributed by atoms with Crippen LogP contribution in [-0.2, 0) is 19.4 Å². The maximum Gasteiger partial charge on any atom is 0.290 e. The molecule has 1 fully saturated rings. The van der Waals surface area contributed by atoms with Crippen LogP contribution in [0.3, 0.4) is 0 Å². The standard InChI is InChI=1S/C8H13NO4S/c1-6(5-14(2,12)13)9-4-3-7(10)8(9)11/h6H,3-5H2,1-2H3. The number of hydrogen-bond donors (Lipinski definition) is 0. The quantitative estimate of drug-likeness (QED) is 0.584. The molecule has 1 aliphatic heterocycles. The lowest BCUT2D eigenvalue weighted by Crippen LogP contribution is -2.39. The van der Waals surface area contributed by atoms with Crippen molar-refractivity contribution >= 4 is 21.5 Å². The molecule has 6 heteroatoms. The minimum absolute atomic E-state index is 0.0913. The van der Waals surface area contributed by atoms with Crippen LogP contribution < -0.4 is 0 Å². The Bertz CT molecular complexity index is 360. The summed E-state index contributed by atoms with van der Waals surface area (Å²) in [5.41, 5.74) is 0. The van der Waals surface area contributed by atoms with E-state index in [2.05, 4.69) is 0 Å². The predicted molar refractivity (Wildman–Crippen MR) is 50.5 cm³/mol. The third kappa shape index (κ3) is 2.54. The molecule has 80 valence electrons. The van der Waals surface area contributed by atoms with Crippen molar-refractivity contribution in [1.82, 2.24) is 4.90 Å². The van der Waals surface area contributed by atoms with Gasteiger partial charge in [-0.05, 0) is 6.92 Å². The number of carbonyl (C=O) groups excluding carboxylic acids is 2. The molecule has 0 aromatic rings. The van der Waals surface area contributed by atoms with Crippen LogP contribution in [0, 0.1) is 0 Å². The van der Waals surface area contributed by atoms with Crippen LogP contribution in [0.5, 0.6) is 0 Å². The fourth-order valence-electron chi connectivity index (χ4n) is 1.54. The van der Waals surface area contributed by atoms with Gasteiger partial charge >= 0.3 is 0 Å². The summed E-state index contributed by atoms with van der Waals surface area (Å²) in [4.78, 5) is 23.5. The second-order valence-corrected chi connectivity index (χ2v) is 5.80. The maximum absolute atomic E-state index is 11.2. The van der Waals surface area contributed by atoms with Gasteiger partial charge in [0.15, 0.2) is 0 Å². The van der Waals surface area contributed by atoms with Gasteiger partial charge < -0.3 is 4.90 Å². The molecule has 0 spiro atoms. The summed E-state index contributed by atoms with van der Waals surface area (Å²) < 4.78 is 21.9. The zero-order chi connectivity index (χ0) is 10.9. The fourth-order valence-corrected chi connectivity index (χ4v) is 2.60. The summed E-state index contributed by atoms with van der Waals surface area (Å²) in [6, 6.07) is -0.413. The monoisotopic (exact) mass is 219 g/mol. The number of rotatable bonds is 3. The van der Waals surface area contributed by atoms with Crippen LogP contribution in [0.1, 0.15) is 13.3 Å². The van der Waals surface area contributed by atoms with E-state index in [-0.39, 0.29) is 12.2 Å². The minimum Gasteiger partial charge on any atom is -0.332 e. The highest BCUT2D eigenvalue weighted by atomic mass is 32.2. The Morgan fingerprint density at radius 1 is 1.43 bits per heavy atom. The first-order valence-electron chi connectivity index (χ1n) is 4.33. The van der Waals surface area contributed by atoms with E-state index in [1.807, 2.05) is 0 Å². The van der Waals surface area contributed by atoms with Gasteiger partial charge in [0.2, 0.25) is 5.78 Å². The SMILES string of the molecule is CC(CS(C)(=O)=O)N1CCC(=O)C1=O. The summed E-state index contributed by atoms with van der Waals surface area (Å²) in [5, 5.41) is 0. The van der Waals surface area contributed by atoms with E-state index in [1.54, 1.807) is 6.92 Å². The first-order valence-corrected chi connectivity index (χ1v) is 6.39. The maximum atomic E-state index is 11.2. The van der Waals surface area contributed by atoms with Gasteiger partial charge in [0, 0.05) is 25.3 Å². The lowest BCUT2D eigenvalue weighted by Gasteiger charge is -2.22. The summed E-state index contributed by atoms with van der Waals surface area (Å²) in [6.45, 7) is 1.98. The molecule has 0 aromatic heterocycles. The smallest absolute Gasteiger partial charge is 0.290 e. The molecule has 1 aliphatic rings. The van der Waals surface area contributed by atoms with Gasteiger partial charge in [0.25, 0.3) is 5.91 Å². The number of nitrogens with zero attached hydrogens (tertiary/aromatic N) is 1. The highest BCUT2D eigenvalue weighted by Gasteiger charge is 2.33. The summed E-state index contributed by atoms with van der Waals surface area (Å²) in [6.07, 6.45) is 1.32. The normalized spacial score (nSPS) is 20.3. The molecule has 5 nitrogen and oxygen atoms in total. The summed E-state index contributed by atoms with van der Waals surface area (Å²) >= 11 is 0. The Hall–Kier alpha value is -0.910. The highest BCUT2D eigenvalue weighted by molar-refractivity contribution is 7.90. The lowest BCUT2D eigenvalue weighted by molar-refractivity contribution is -0.140. The van der Waals surface area contributed by atoms with Crippen molar-refractivity contribution in [3.63, 3.8) is 0 Å². The highest BCUT2D eigenvalue weighted by Crippen LogP contribution is 2.11. The zero-order valence-corrected chi connectivity index (χ0v) is 9.00. The van der Waals surface area contributed by atoms with Gasteiger partial charge in [0.1, 0.15) is 9.84 Å². The molecule has 0 aliphatic carbocycles. The minimum atomic E-state index is -3.11. The summed E-state index contributed by atoms with van der Waals surface area (Å²) in [7, 11) is -3.11. The Kier molecular flexibility index (Phi) is 2.94. The number of carbonyl (C=O) groups is 2. The molecule has 1 atom stereocenters. The van der Waals surface area contributed by atoms with Gasteiger partial charge in [-0.1, -0.05) is 0 Å². The van der Waals surface area contributed by atoms with Crippen molar-refractivity contribution in [2.45, 2.75) is 19.4 Å².